The number of hydrogen-bond acceptors (Lipinski definition) is 7. The van der Waals surface area contributed by atoms with Crippen molar-refractivity contribution >= 4 is 28.7 Å². The summed E-state index contributed by atoms with van der Waals surface area (Å²) in [6.45, 7) is 3.12. The third-order valence-corrected chi connectivity index (χ3v) is 6.01. The number of amides is 2. The van der Waals surface area contributed by atoms with Crippen molar-refractivity contribution in [2.45, 2.75) is 57.1 Å². The second kappa shape index (κ2) is 11.0. The van der Waals surface area contributed by atoms with Crippen LogP contribution in [0.25, 0.3) is 10.9 Å². The van der Waals surface area contributed by atoms with Crippen molar-refractivity contribution in [3.05, 3.63) is 30.0 Å². The highest BCUT2D eigenvalue weighted by Gasteiger charge is 2.35. The van der Waals surface area contributed by atoms with E-state index in [0.29, 0.717) is 29.9 Å². The summed E-state index contributed by atoms with van der Waals surface area (Å²) in [7, 11) is 2.72. The zero-order chi connectivity index (χ0) is 25.8. The molecule has 0 saturated carbocycles. The van der Waals surface area contributed by atoms with E-state index >= 15 is 0 Å². The number of aliphatic hydroxyl groups excluding tert-OH is 1. The summed E-state index contributed by atoms with van der Waals surface area (Å²) in [4.78, 5) is 40.5. The minimum atomic E-state index is -1.76. The molecule has 1 fully saturated rings. The summed E-state index contributed by atoms with van der Waals surface area (Å²) in [5.74, 6) is -1.45. The van der Waals surface area contributed by atoms with Crippen LogP contribution in [0.4, 0.5) is 4.39 Å². The van der Waals surface area contributed by atoms with Crippen molar-refractivity contribution in [2.75, 3.05) is 20.8 Å². The lowest BCUT2D eigenvalue weighted by Crippen LogP contribution is -2.53. The molecule has 10 nitrogen and oxygen atoms in total. The molecule has 5 N–H and O–H groups in total. The highest BCUT2D eigenvalue weighted by Crippen LogP contribution is 2.28. The molecular formula is C24H33FN4O6. The minimum Gasteiger partial charge on any atom is -0.496 e. The Hall–Kier alpha value is -3.18. The van der Waals surface area contributed by atoms with Crippen LogP contribution >= 0.6 is 0 Å². The number of aromatic amines is 1. The molecule has 0 bridgehead atoms. The molecule has 0 spiro atoms. The Bertz CT molecular complexity index is 1070. The van der Waals surface area contributed by atoms with Crippen LogP contribution < -0.4 is 20.7 Å². The van der Waals surface area contributed by atoms with Gasteiger partial charge in [-0.2, -0.15) is 0 Å². The average molecular weight is 493 g/mol. The normalized spacial score (nSPS) is 18.6. The number of benzene rings is 1. The second-order valence-electron chi connectivity index (χ2n) is 9.29. The van der Waals surface area contributed by atoms with Gasteiger partial charge in [0.2, 0.25) is 11.8 Å². The van der Waals surface area contributed by atoms with Crippen molar-refractivity contribution in [1.82, 2.24) is 20.9 Å². The molecule has 1 aromatic carbocycles. The molecule has 2 heterocycles. The van der Waals surface area contributed by atoms with Crippen molar-refractivity contribution in [1.29, 1.82) is 0 Å². The van der Waals surface area contributed by atoms with E-state index in [1.165, 1.54) is 28.1 Å². The van der Waals surface area contributed by atoms with Gasteiger partial charge in [-0.15, -0.1) is 0 Å². The molecule has 3 rings (SSSR count). The van der Waals surface area contributed by atoms with E-state index in [9.17, 15) is 23.9 Å². The molecule has 1 unspecified atom stereocenters. The van der Waals surface area contributed by atoms with Gasteiger partial charge in [0.1, 0.15) is 23.7 Å². The number of carbonyl (C=O) groups is 3. The molecule has 35 heavy (non-hydrogen) atoms. The highest BCUT2D eigenvalue weighted by atomic mass is 19.1. The van der Waals surface area contributed by atoms with Crippen LogP contribution in [0.3, 0.4) is 0 Å². The largest absolute Gasteiger partial charge is 0.496 e. The zero-order valence-corrected chi connectivity index (χ0v) is 20.3. The molecule has 1 aromatic heterocycles. The van der Waals surface area contributed by atoms with Gasteiger partial charge < -0.3 is 30.2 Å². The summed E-state index contributed by atoms with van der Waals surface area (Å²) in [5.41, 5.74) is -0.691. The van der Waals surface area contributed by atoms with E-state index in [-0.39, 0.29) is 18.7 Å². The Morgan fingerprint density at radius 1 is 1.29 bits per heavy atom. The smallest absolute Gasteiger partial charge is 0.328 e. The Labute approximate surface area is 202 Å². The van der Waals surface area contributed by atoms with Gasteiger partial charge in [0.05, 0.1) is 26.0 Å². The lowest BCUT2D eigenvalue weighted by atomic mass is 9.96. The average Bonchev–Trinajstić information content (AvgIpc) is 3.42. The summed E-state index contributed by atoms with van der Waals surface area (Å²) in [5, 5.41) is 19.6. The molecule has 192 valence electrons. The number of fused-ring (bicyclic) bond motifs is 1. The number of carbonyl (C=O) groups excluding carboxylic acids is 3. The van der Waals surface area contributed by atoms with Crippen LogP contribution in [0.5, 0.6) is 5.75 Å². The number of alkyl halides is 1. The highest BCUT2D eigenvalue weighted by molar-refractivity contribution is 5.89. The molecule has 1 saturated heterocycles. The minimum absolute atomic E-state index is 0.0559. The first-order chi connectivity index (χ1) is 16.5. The quantitative estimate of drug-likeness (QED) is 0.236. The van der Waals surface area contributed by atoms with Gasteiger partial charge >= 0.3 is 5.97 Å². The number of methoxy groups -OCH3 is 2. The summed E-state index contributed by atoms with van der Waals surface area (Å²) >= 11 is 0. The third kappa shape index (κ3) is 6.70. The van der Waals surface area contributed by atoms with Crippen LogP contribution in [-0.4, -0.2) is 66.4 Å². The topological polar surface area (TPSA) is 142 Å². The molecule has 4 atom stereocenters. The molecule has 2 aromatic rings. The van der Waals surface area contributed by atoms with Gasteiger partial charge in [0, 0.05) is 29.8 Å². The fourth-order valence-corrected chi connectivity index (χ4v) is 4.25. The summed E-state index contributed by atoms with van der Waals surface area (Å²) in [6.07, 6.45) is -1.04. The van der Waals surface area contributed by atoms with Crippen molar-refractivity contribution in [2.24, 2.45) is 5.92 Å². The number of esters is 1. The lowest BCUT2D eigenvalue weighted by molar-refractivity contribution is -0.146. The number of aromatic nitrogens is 1. The number of aliphatic hydroxyl groups is 1. The van der Waals surface area contributed by atoms with Crippen LogP contribution in [-0.2, 0) is 19.1 Å². The van der Waals surface area contributed by atoms with Gasteiger partial charge in [-0.05, 0) is 44.9 Å². The number of ether oxygens (including phenoxy) is 2. The fraction of sp³-hybridized carbons (Fsp3) is 0.542. The summed E-state index contributed by atoms with van der Waals surface area (Å²) in [6, 6.07) is 4.77. The molecule has 2 amide bonds. The Morgan fingerprint density at radius 2 is 2.03 bits per heavy atom. The number of nitrogens with one attached hydrogen (secondary N) is 4. The lowest BCUT2D eigenvalue weighted by Gasteiger charge is -2.28. The van der Waals surface area contributed by atoms with Crippen molar-refractivity contribution in [3.8, 4) is 5.75 Å². The van der Waals surface area contributed by atoms with E-state index in [0.717, 1.165) is 5.39 Å². The fourth-order valence-electron chi connectivity index (χ4n) is 4.25. The van der Waals surface area contributed by atoms with Gasteiger partial charge in [-0.25, -0.2) is 9.18 Å². The van der Waals surface area contributed by atoms with Crippen LogP contribution in [0.15, 0.2) is 24.3 Å². The van der Waals surface area contributed by atoms with Crippen LogP contribution in [0.2, 0.25) is 0 Å². The predicted octanol–water partition coefficient (Wildman–Crippen LogP) is 1.45. The molecule has 1 aliphatic heterocycles. The first-order valence-electron chi connectivity index (χ1n) is 11.5. The van der Waals surface area contributed by atoms with Gasteiger partial charge in [-0.3, -0.25) is 14.9 Å². The standard InChI is InChI=1S/C24H33FN4O6/c1-24(2,25)12-18(22(32)28-17(23(33)35-4)10-13-8-9-26-20(13)30)29-21(31)16-11-14-15(27-16)6-5-7-19(14)34-3/h5-7,11,13,17-18,21,27,29,31H,8-10,12H2,1-4H3,(H,26,30)(H,28,32)/t13-,17-,18-,21?/m0/s1. The molecule has 0 radical (unpaired) electrons. The number of H-pyrrole nitrogens is 1. The van der Waals surface area contributed by atoms with E-state index < -0.39 is 41.8 Å². The third-order valence-electron chi connectivity index (χ3n) is 6.01. The van der Waals surface area contributed by atoms with Crippen LogP contribution in [0.1, 0.15) is 45.0 Å². The molecular weight excluding hydrogens is 459 g/mol. The van der Waals surface area contributed by atoms with Crippen molar-refractivity contribution in [3.63, 3.8) is 0 Å². The maximum Gasteiger partial charge on any atom is 0.328 e. The van der Waals surface area contributed by atoms with Gasteiger partial charge in [-0.1, -0.05) is 6.07 Å². The second-order valence-corrected chi connectivity index (χ2v) is 9.29. The Kier molecular flexibility index (Phi) is 8.34. The number of rotatable bonds is 11. The van der Waals surface area contributed by atoms with E-state index in [1.54, 1.807) is 18.2 Å². The van der Waals surface area contributed by atoms with E-state index in [1.807, 2.05) is 6.07 Å². The van der Waals surface area contributed by atoms with Crippen LogP contribution in [0, 0.1) is 5.92 Å². The van der Waals surface area contributed by atoms with Crippen molar-refractivity contribution < 1.29 is 33.4 Å². The first-order valence-corrected chi connectivity index (χ1v) is 11.5. The predicted molar refractivity (Wildman–Crippen MR) is 126 cm³/mol. The number of hydrogen-bond donors (Lipinski definition) is 5. The molecule has 11 heteroatoms. The maximum absolute atomic E-state index is 14.6. The number of halogens is 1. The Balaban J connectivity index is 1.78. The zero-order valence-electron chi connectivity index (χ0n) is 20.3. The SMILES string of the molecule is COC(=O)[C@H](C[C@@H]1CCNC1=O)NC(=O)[C@H](CC(C)(C)F)NC(O)c1cc2c(OC)cccc2[nH]1. The maximum atomic E-state index is 14.6. The monoisotopic (exact) mass is 492 g/mol. The van der Waals surface area contributed by atoms with E-state index in [2.05, 4.69) is 20.9 Å². The Morgan fingerprint density at radius 3 is 2.63 bits per heavy atom. The summed E-state index contributed by atoms with van der Waals surface area (Å²) < 4.78 is 24.7. The van der Waals surface area contributed by atoms with E-state index in [4.69, 9.17) is 9.47 Å². The molecule has 1 aliphatic rings. The molecule has 0 aliphatic carbocycles. The first kappa shape index (κ1) is 26.4. The van der Waals surface area contributed by atoms with Gasteiger partial charge in [0.15, 0.2) is 0 Å². The van der Waals surface area contributed by atoms with Gasteiger partial charge in [0.25, 0.3) is 0 Å².